The van der Waals surface area contributed by atoms with E-state index in [1.54, 1.807) is 6.07 Å². The molecule has 1 unspecified atom stereocenters. The first-order valence-electron chi connectivity index (χ1n) is 6.61. The van der Waals surface area contributed by atoms with Gasteiger partial charge in [0.25, 0.3) is 0 Å². The second-order valence-electron chi connectivity index (χ2n) is 5.44. The molecule has 8 heteroatoms. The fourth-order valence-corrected chi connectivity index (χ4v) is 4.01. The average molecular weight is 299 g/mol. The first-order valence-corrected chi connectivity index (χ1v) is 8.43. The third kappa shape index (κ3) is 3.18. The van der Waals surface area contributed by atoms with Gasteiger partial charge in [0, 0.05) is 25.1 Å². The standard InChI is InChI=1S/C12H21N5O2S/c1-8(2)12-14-10(16-13)6-11(15-12)17(3)9-4-5-20(18,19)7-9/h6,8-9H,4-5,7,13H2,1-3H3,(H,14,15,16). The number of anilines is 2. The molecule has 0 aromatic carbocycles. The summed E-state index contributed by atoms with van der Waals surface area (Å²) in [5, 5.41) is 0. The minimum absolute atomic E-state index is 0.0412. The molecule has 2 rings (SSSR count). The van der Waals surface area contributed by atoms with Crippen LogP contribution in [0.5, 0.6) is 0 Å². The van der Waals surface area contributed by atoms with Crippen molar-refractivity contribution in [3.63, 3.8) is 0 Å². The Hall–Kier alpha value is -1.41. The Morgan fingerprint density at radius 3 is 2.65 bits per heavy atom. The van der Waals surface area contributed by atoms with Crippen molar-refractivity contribution in [2.45, 2.75) is 32.2 Å². The number of rotatable bonds is 4. The highest BCUT2D eigenvalue weighted by atomic mass is 32.2. The highest BCUT2D eigenvalue weighted by Crippen LogP contribution is 2.24. The molecule has 3 N–H and O–H groups in total. The van der Waals surface area contributed by atoms with Crippen LogP contribution in [-0.4, -0.2) is 43.0 Å². The van der Waals surface area contributed by atoms with Crippen LogP contribution in [0.3, 0.4) is 0 Å². The van der Waals surface area contributed by atoms with Gasteiger partial charge in [0.05, 0.1) is 11.5 Å². The topological polar surface area (TPSA) is 101 Å². The van der Waals surface area contributed by atoms with Crippen LogP contribution in [0.25, 0.3) is 0 Å². The summed E-state index contributed by atoms with van der Waals surface area (Å²) in [6.45, 7) is 4.00. The lowest BCUT2D eigenvalue weighted by Gasteiger charge is -2.25. The van der Waals surface area contributed by atoms with E-state index >= 15 is 0 Å². The van der Waals surface area contributed by atoms with Crippen molar-refractivity contribution in [2.75, 3.05) is 28.9 Å². The molecule has 0 amide bonds. The van der Waals surface area contributed by atoms with Crippen molar-refractivity contribution in [2.24, 2.45) is 5.84 Å². The quantitative estimate of drug-likeness (QED) is 0.617. The maximum atomic E-state index is 11.6. The second-order valence-corrected chi connectivity index (χ2v) is 7.67. The smallest absolute Gasteiger partial charge is 0.152 e. The Morgan fingerprint density at radius 1 is 1.45 bits per heavy atom. The fraction of sp³-hybridized carbons (Fsp3) is 0.667. The zero-order valence-electron chi connectivity index (χ0n) is 12.0. The lowest BCUT2D eigenvalue weighted by atomic mass is 10.2. The van der Waals surface area contributed by atoms with Gasteiger partial charge in [0.15, 0.2) is 9.84 Å². The SMILES string of the molecule is CC(C)c1nc(NN)cc(N(C)C2CCS(=O)(=O)C2)n1. The van der Waals surface area contributed by atoms with E-state index in [4.69, 9.17) is 5.84 Å². The maximum absolute atomic E-state index is 11.6. The minimum Gasteiger partial charge on any atom is -0.355 e. The molecule has 2 heterocycles. The second kappa shape index (κ2) is 5.53. The van der Waals surface area contributed by atoms with Crippen LogP contribution < -0.4 is 16.2 Å². The summed E-state index contributed by atoms with van der Waals surface area (Å²) in [5.41, 5.74) is 2.53. The third-order valence-electron chi connectivity index (χ3n) is 3.51. The molecule has 1 aromatic rings. The number of sulfone groups is 1. The zero-order chi connectivity index (χ0) is 14.9. The first-order chi connectivity index (χ1) is 9.32. The predicted molar refractivity (Wildman–Crippen MR) is 79.4 cm³/mol. The molecule has 1 atom stereocenters. The van der Waals surface area contributed by atoms with E-state index in [0.717, 1.165) is 0 Å². The first kappa shape index (κ1) is 15.0. The molecule has 0 radical (unpaired) electrons. The van der Waals surface area contributed by atoms with Crippen LogP contribution in [0.4, 0.5) is 11.6 Å². The molecule has 112 valence electrons. The Bertz CT molecular complexity index is 588. The molecule has 20 heavy (non-hydrogen) atoms. The van der Waals surface area contributed by atoms with Gasteiger partial charge in [-0.05, 0) is 6.42 Å². The van der Waals surface area contributed by atoms with Crippen molar-refractivity contribution in [1.82, 2.24) is 9.97 Å². The average Bonchev–Trinajstić information content (AvgIpc) is 2.77. The highest BCUT2D eigenvalue weighted by Gasteiger charge is 2.31. The molecular formula is C12H21N5O2S. The van der Waals surface area contributed by atoms with Crippen LogP contribution in [0.1, 0.15) is 32.0 Å². The summed E-state index contributed by atoms with van der Waals surface area (Å²) < 4.78 is 23.2. The number of hydrogen-bond donors (Lipinski definition) is 2. The van der Waals surface area contributed by atoms with E-state index in [1.165, 1.54) is 0 Å². The Labute approximate surface area is 119 Å². The Kier molecular flexibility index (Phi) is 4.14. The number of nitrogens with two attached hydrogens (primary N) is 1. The Morgan fingerprint density at radius 2 is 2.15 bits per heavy atom. The van der Waals surface area contributed by atoms with Gasteiger partial charge in [-0.3, -0.25) is 0 Å². The number of hydrazine groups is 1. The predicted octanol–water partition coefficient (Wildman–Crippen LogP) is 0.509. The zero-order valence-corrected chi connectivity index (χ0v) is 12.8. The van der Waals surface area contributed by atoms with E-state index in [0.29, 0.717) is 23.9 Å². The van der Waals surface area contributed by atoms with Crippen molar-refractivity contribution in [3.8, 4) is 0 Å². The maximum Gasteiger partial charge on any atom is 0.152 e. The molecular weight excluding hydrogens is 278 g/mol. The molecule has 1 aromatic heterocycles. The lowest BCUT2D eigenvalue weighted by molar-refractivity contribution is 0.600. The summed E-state index contributed by atoms with van der Waals surface area (Å²) in [6.07, 6.45) is 0.630. The molecule has 0 spiro atoms. The summed E-state index contributed by atoms with van der Waals surface area (Å²) >= 11 is 0. The largest absolute Gasteiger partial charge is 0.355 e. The monoisotopic (exact) mass is 299 g/mol. The summed E-state index contributed by atoms with van der Waals surface area (Å²) in [4.78, 5) is 10.7. The molecule has 0 saturated carbocycles. The van der Waals surface area contributed by atoms with Gasteiger partial charge < -0.3 is 10.3 Å². The molecule has 1 saturated heterocycles. The van der Waals surface area contributed by atoms with Crippen molar-refractivity contribution >= 4 is 21.5 Å². The van der Waals surface area contributed by atoms with E-state index in [1.807, 2.05) is 25.8 Å². The van der Waals surface area contributed by atoms with E-state index in [-0.39, 0.29) is 23.5 Å². The van der Waals surface area contributed by atoms with E-state index in [2.05, 4.69) is 15.4 Å². The molecule has 0 bridgehead atoms. The Balaban J connectivity index is 2.29. The van der Waals surface area contributed by atoms with Crippen LogP contribution in [0.2, 0.25) is 0 Å². The number of nitrogens with zero attached hydrogens (tertiary/aromatic N) is 3. The number of aromatic nitrogens is 2. The van der Waals surface area contributed by atoms with Crippen molar-refractivity contribution < 1.29 is 8.42 Å². The number of nitrogen functional groups attached to an aromatic ring is 1. The summed E-state index contributed by atoms with van der Waals surface area (Å²) in [7, 11) is -1.06. The number of hydrogen-bond acceptors (Lipinski definition) is 7. The normalized spacial score (nSPS) is 21.1. The van der Waals surface area contributed by atoms with Crippen molar-refractivity contribution in [1.29, 1.82) is 0 Å². The summed E-state index contributed by atoms with van der Waals surface area (Å²) in [6, 6.07) is 1.69. The van der Waals surface area contributed by atoms with Gasteiger partial charge in [0.2, 0.25) is 0 Å². The van der Waals surface area contributed by atoms with Gasteiger partial charge in [-0.25, -0.2) is 24.2 Å². The summed E-state index contributed by atoms with van der Waals surface area (Å²) in [5.74, 6) is 7.93. The number of nitrogens with one attached hydrogen (secondary N) is 1. The molecule has 1 aliphatic rings. The minimum atomic E-state index is -2.92. The molecule has 1 aliphatic heterocycles. The van der Waals surface area contributed by atoms with Gasteiger partial charge in [0.1, 0.15) is 17.5 Å². The van der Waals surface area contributed by atoms with Crippen LogP contribution in [0, 0.1) is 0 Å². The lowest BCUT2D eigenvalue weighted by Crippen LogP contribution is -2.33. The van der Waals surface area contributed by atoms with Crippen molar-refractivity contribution in [3.05, 3.63) is 11.9 Å². The van der Waals surface area contributed by atoms with Crippen LogP contribution >= 0.6 is 0 Å². The molecule has 0 aliphatic carbocycles. The molecule has 7 nitrogen and oxygen atoms in total. The van der Waals surface area contributed by atoms with Gasteiger partial charge >= 0.3 is 0 Å². The highest BCUT2D eigenvalue weighted by molar-refractivity contribution is 7.91. The van der Waals surface area contributed by atoms with E-state index < -0.39 is 9.84 Å². The molecule has 1 fully saturated rings. The van der Waals surface area contributed by atoms with Gasteiger partial charge in [-0.15, -0.1) is 0 Å². The van der Waals surface area contributed by atoms with Gasteiger partial charge in [-0.1, -0.05) is 13.8 Å². The van der Waals surface area contributed by atoms with Crippen LogP contribution in [-0.2, 0) is 9.84 Å². The third-order valence-corrected chi connectivity index (χ3v) is 5.26. The fourth-order valence-electron chi connectivity index (χ4n) is 2.23. The van der Waals surface area contributed by atoms with E-state index in [9.17, 15) is 8.42 Å². The van der Waals surface area contributed by atoms with Gasteiger partial charge in [-0.2, -0.15) is 0 Å². The van der Waals surface area contributed by atoms with Crippen LogP contribution in [0.15, 0.2) is 6.07 Å².